The van der Waals surface area contributed by atoms with E-state index in [1.54, 1.807) is 16.2 Å². The van der Waals surface area contributed by atoms with Crippen molar-refractivity contribution in [2.75, 3.05) is 13.1 Å². The molecule has 23 heavy (non-hydrogen) atoms. The van der Waals surface area contributed by atoms with Gasteiger partial charge >= 0.3 is 0 Å². The third-order valence-electron chi connectivity index (χ3n) is 4.68. The van der Waals surface area contributed by atoms with Crippen LogP contribution in [0.2, 0.25) is 0 Å². The summed E-state index contributed by atoms with van der Waals surface area (Å²) in [5.74, 6) is 0.375. The highest BCUT2D eigenvalue weighted by molar-refractivity contribution is 7.11. The van der Waals surface area contributed by atoms with Crippen LogP contribution in [0.1, 0.15) is 48.2 Å². The maximum Gasteiger partial charge on any atom is 0.242 e. The third kappa shape index (κ3) is 3.74. The summed E-state index contributed by atoms with van der Waals surface area (Å²) in [6, 6.07) is -0.257. The molecule has 1 aliphatic carbocycles. The molecule has 1 saturated carbocycles. The number of amides is 2. The van der Waals surface area contributed by atoms with Crippen molar-refractivity contribution in [2.24, 2.45) is 5.92 Å². The number of carbonyl (C=O) groups excluding carboxylic acids is 2. The molecule has 0 aromatic carbocycles. The number of aromatic nitrogens is 1. The standard InChI is InChI=1S/C17H25N3O2S/c1-3-13-11(2)23-15(19-13)8-9-18-16(21)14-5-4-10-20(14)17(22)12-6-7-12/h12,14H,3-10H2,1-2H3,(H,18,21)/t14-/m1/s1. The SMILES string of the molecule is CCc1nc(CCNC(=O)[C@H]2CCCN2C(=O)C2CC2)sc1C. The van der Waals surface area contributed by atoms with Gasteiger partial charge in [0, 0.05) is 30.3 Å². The molecule has 6 heteroatoms. The summed E-state index contributed by atoms with van der Waals surface area (Å²) in [6.07, 6.45) is 5.43. The Bertz CT molecular complexity index is 595. The fourth-order valence-electron chi connectivity index (χ4n) is 3.20. The summed E-state index contributed by atoms with van der Waals surface area (Å²) in [6.45, 7) is 5.54. The Labute approximate surface area is 141 Å². The molecule has 126 valence electrons. The van der Waals surface area contributed by atoms with Crippen LogP contribution in [-0.4, -0.2) is 40.8 Å². The first-order chi connectivity index (χ1) is 11.1. The molecule has 1 aliphatic heterocycles. The van der Waals surface area contributed by atoms with Crippen LogP contribution in [0.3, 0.4) is 0 Å². The highest BCUT2D eigenvalue weighted by atomic mass is 32.1. The first-order valence-corrected chi connectivity index (χ1v) is 9.45. The minimum absolute atomic E-state index is 0.000457. The number of hydrogen-bond acceptors (Lipinski definition) is 4. The minimum atomic E-state index is -0.257. The lowest BCUT2D eigenvalue weighted by molar-refractivity contribution is -0.139. The molecule has 1 aromatic heterocycles. The molecule has 2 amide bonds. The van der Waals surface area contributed by atoms with E-state index in [2.05, 4.69) is 24.1 Å². The van der Waals surface area contributed by atoms with E-state index in [9.17, 15) is 9.59 Å². The molecule has 1 N–H and O–H groups in total. The molecule has 2 aliphatic rings. The highest BCUT2D eigenvalue weighted by Crippen LogP contribution is 2.33. The molecule has 5 nitrogen and oxygen atoms in total. The Morgan fingerprint density at radius 1 is 1.35 bits per heavy atom. The number of likely N-dealkylation sites (tertiary alicyclic amines) is 1. The van der Waals surface area contributed by atoms with Crippen LogP contribution in [0.5, 0.6) is 0 Å². The summed E-state index contributed by atoms with van der Waals surface area (Å²) in [5.41, 5.74) is 1.16. The Morgan fingerprint density at radius 2 is 2.13 bits per heavy atom. The maximum absolute atomic E-state index is 12.4. The van der Waals surface area contributed by atoms with Gasteiger partial charge in [-0.25, -0.2) is 4.98 Å². The van der Waals surface area contributed by atoms with Crippen molar-refractivity contribution >= 4 is 23.2 Å². The number of nitrogens with one attached hydrogen (secondary N) is 1. The molecule has 1 aromatic rings. The lowest BCUT2D eigenvalue weighted by Gasteiger charge is -2.23. The number of hydrogen-bond donors (Lipinski definition) is 1. The zero-order valence-electron chi connectivity index (χ0n) is 13.9. The number of nitrogens with zero attached hydrogens (tertiary/aromatic N) is 2. The predicted octanol–water partition coefficient (Wildman–Crippen LogP) is 2.07. The molecule has 2 fully saturated rings. The van der Waals surface area contributed by atoms with Gasteiger partial charge < -0.3 is 10.2 Å². The van der Waals surface area contributed by atoms with E-state index in [0.717, 1.165) is 55.8 Å². The summed E-state index contributed by atoms with van der Waals surface area (Å²) in [5, 5.41) is 4.08. The Balaban J connectivity index is 1.49. The average molecular weight is 335 g/mol. The largest absolute Gasteiger partial charge is 0.354 e. The molecule has 1 saturated heterocycles. The average Bonchev–Trinajstić information content (AvgIpc) is 3.15. The van der Waals surface area contributed by atoms with Gasteiger partial charge in [0.2, 0.25) is 11.8 Å². The second-order valence-electron chi connectivity index (χ2n) is 6.47. The van der Waals surface area contributed by atoms with Crippen molar-refractivity contribution in [3.8, 4) is 0 Å². The van der Waals surface area contributed by atoms with Gasteiger partial charge in [-0.3, -0.25) is 9.59 Å². The molecular formula is C17H25N3O2S. The molecule has 1 atom stereocenters. The monoisotopic (exact) mass is 335 g/mol. The van der Waals surface area contributed by atoms with E-state index in [-0.39, 0.29) is 23.8 Å². The number of aryl methyl sites for hydroxylation is 2. The summed E-state index contributed by atoms with van der Waals surface area (Å²) < 4.78 is 0. The van der Waals surface area contributed by atoms with Crippen molar-refractivity contribution in [2.45, 2.75) is 58.4 Å². The van der Waals surface area contributed by atoms with E-state index >= 15 is 0 Å². The van der Waals surface area contributed by atoms with Crippen molar-refractivity contribution < 1.29 is 9.59 Å². The second kappa shape index (κ2) is 6.99. The van der Waals surface area contributed by atoms with Crippen molar-refractivity contribution in [1.29, 1.82) is 0 Å². The Hall–Kier alpha value is -1.43. The summed E-state index contributed by atoms with van der Waals surface area (Å²) in [7, 11) is 0. The molecule has 0 unspecified atom stereocenters. The van der Waals surface area contributed by atoms with Gasteiger partial charge in [0.15, 0.2) is 0 Å². The molecule has 3 rings (SSSR count). The van der Waals surface area contributed by atoms with Crippen molar-refractivity contribution in [3.63, 3.8) is 0 Å². The lowest BCUT2D eigenvalue weighted by atomic mass is 10.2. The number of carbonyl (C=O) groups is 2. The van der Waals surface area contributed by atoms with Crippen LogP contribution in [0.15, 0.2) is 0 Å². The molecule has 0 radical (unpaired) electrons. The zero-order chi connectivity index (χ0) is 16.4. The van der Waals surface area contributed by atoms with E-state index in [0.29, 0.717) is 6.54 Å². The van der Waals surface area contributed by atoms with Crippen LogP contribution in [0.4, 0.5) is 0 Å². The maximum atomic E-state index is 12.4. The van der Waals surface area contributed by atoms with Crippen LogP contribution >= 0.6 is 11.3 Å². The molecule has 0 bridgehead atoms. The highest BCUT2D eigenvalue weighted by Gasteiger charge is 2.40. The topological polar surface area (TPSA) is 62.3 Å². The van der Waals surface area contributed by atoms with Crippen LogP contribution in [-0.2, 0) is 22.4 Å². The van der Waals surface area contributed by atoms with E-state index in [1.807, 2.05) is 0 Å². The first kappa shape index (κ1) is 16.4. The van der Waals surface area contributed by atoms with Crippen LogP contribution in [0.25, 0.3) is 0 Å². The Kier molecular flexibility index (Phi) is 4.99. The molecule has 2 heterocycles. The Morgan fingerprint density at radius 3 is 2.78 bits per heavy atom. The first-order valence-electron chi connectivity index (χ1n) is 8.63. The van der Waals surface area contributed by atoms with Crippen LogP contribution < -0.4 is 5.32 Å². The summed E-state index contributed by atoms with van der Waals surface area (Å²) >= 11 is 1.71. The summed E-state index contributed by atoms with van der Waals surface area (Å²) in [4.78, 5) is 32.3. The third-order valence-corrected chi connectivity index (χ3v) is 5.75. The van der Waals surface area contributed by atoms with Crippen molar-refractivity contribution in [3.05, 3.63) is 15.6 Å². The van der Waals surface area contributed by atoms with Gasteiger partial charge in [0.1, 0.15) is 6.04 Å². The normalized spacial score (nSPS) is 20.8. The zero-order valence-corrected chi connectivity index (χ0v) is 14.7. The van der Waals surface area contributed by atoms with Gasteiger partial charge in [-0.2, -0.15) is 0 Å². The fraction of sp³-hybridized carbons (Fsp3) is 0.706. The number of rotatable bonds is 6. The van der Waals surface area contributed by atoms with Gasteiger partial charge in [0.25, 0.3) is 0 Å². The molecular weight excluding hydrogens is 310 g/mol. The van der Waals surface area contributed by atoms with Gasteiger partial charge in [-0.1, -0.05) is 6.92 Å². The quantitative estimate of drug-likeness (QED) is 0.866. The van der Waals surface area contributed by atoms with Gasteiger partial charge in [0.05, 0.1) is 10.7 Å². The second-order valence-corrected chi connectivity index (χ2v) is 7.76. The minimum Gasteiger partial charge on any atom is -0.354 e. The molecule has 0 spiro atoms. The number of thiazole rings is 1. The van der Waals surface area contributed by atoms with Gasteiger partial charge in [-0.15, -0.1) is 11.3 Å². The van der Waals surface area contributed by atoms with Gasteiger partial charge in [-0.05, 0) is 39.0 Å². The predicted molar refractivity (Wildman–Crippen MR) is 90.4 cm³/mol. The van der Waals surface area contributed by atoms with E-state index in [4.69, 9.17) is 0 Å². The van der Waals surface area contributed by atoms with Crippen molar-refractivity contribution in [1.82, 2.24) is 15.2 Å². The smallest absolute Gasteiger partial charge is 0.242 e. The van der Waals surface area contributed by atoms with E-state index < -0.39 is 0 Å². The lowest BCUT2D eigenvalue weighted by Crippen LogP contribution is -2.46. The van der Waals surface area contributed by atoms with Crippen LogP contribution in [0, 0.1) is 12.8 Å². The van der Waals surface area contributed by atoms with E-state index in [1.165, 1.54) is 4.88 Å². The fourth-order valence-corrected chi connectivity index (χ4v) is 4.22.